The fraction of sp³-hybridized carbons (Fsp3) is 0.0122. The predicted octanol–water partition coefficient (Wildman–Crippen LogP) is 21.4. The van der Waals surface area contributed by atoms with E-state index in [1.807, 2.05) is 185 Å². The van der Waals surface area contributed by atoms with Crippen LogP contribution in [0.1, 0.15) is 11.1 Å². The zero-order valence-electron chi connectivity index (χ0n) is 49.1. The van der Waals surface area contributed by atoms with E-state index < -0.39 is 11.7 Å². The summed E-state index contributed by atoms with van der Waals surface area (Å²) < 4.78 is 54.1. The Hall–Kier alpha value is -12.3. The van der Waals surface area contributed by atoms with E-state index in [2.05, 4.69) is 78.9 Å². The van der Waals surface area contributed by atoms with Gasteiger partial charge in [0.2, 0.25) is 0 Å². The molecule has 16 aromatic rings. The summed E-state index contributed by atoms with van der Waals surface area (Å²) >= 11 is 0. The van der Waals surface area contributed by atoms with Gasteiger partial charge in [-0.2, -0.15) is 18.4 Å². The van der Waals surface area contributed by atoms with Crippen LogP contribution in [0.2, 0.25) is 0 Å². The smallest absolute Gasteiger partial charge is 0.308 e. The molecule has 16 rings (SSSR count). The summed E-state index contributed by atoms with van der Waals surface area (Å²) in [5, 5.41) is 14.0. The standard InChI is InChI=1S/C82H50F3N7/c83-82(84,85)66-49-79(91-75-45-57(61-32-36-87-71(41-61)53-15-5-1-6-16-53)24-28-67(75)68-29-25-58(46-76(68)91)62-33-37-88-72(42-62)54-17-7-2-8-18-54)81(65-23-13-14-52(40-65)51-86)80(50-66)92-77-47-59(63-34-38-89-73(43-63)55-19-9-3-10-20-55)26-30-69(77)70-31-27-60(48-78(70)92)64-35-39-90-74(44-64)56-21-11-4-12-22-56/h1-50H. The first-order valence-electron chi connectivity index (χ1n) is 30.2. The molecule has 7 nitrogen and oxygen atoms in total. The predicted molar refractivity (Wildman–Crippen MR) is 365 cm³/mol. The Morgan fingerprint density at radius 2 is 0.576 bits per heavy atom. The van der Waals surface area contributed by atoms with Gasteiger partial charge in [0.1, 0.15) is 0 Å². The van der Waals surface area contributed by atoms with E-state index in [0.29, 0.717) is 38.8 Å². The number of halogens is 3. The van der Waals surface area contributed by atoms with Gasteiger partial charge in [0, 0.05) is 74.1 Å². The largest absolute Gasteiger partial charge is 0.416 e. The number of nitriles is 1. The molecule has 434 valence electrons. The molecule has 0 aliphatic rings. The summed E-state index contributed by atoms with van der Waals surface area (Å²) in [5.74, 6) is 0. The maximum absolute atomic E-state index is 16.7. The Morgan fingerprint density at radius 1 is 0.283 bits per heavy atom. The Labute approximate surface area is 527 Å². The van der Waals surface area contributed by atoms with E-state index in [1.54, 1.807) is 43.0 Å². The summed E-state index contributed by atoms with van der Waals surface area (Å²) in [4.78, 5) is 19.0. The molecule has 0 fully saturated rings. The van der Waals surface area contributed by atoms with Gasteiger partial charge < -0.3 is 9.13 Å². The lowest BCUT2D eigenvalue weighted by Gasteiger charge is -2.23. The summed E-state index contributed by atoms with van der Waals surface area (Å²) in [6.07, 6.45) is 2.30. The van der Waals surface area contributed by atoms with Crippen molar-refractivity contribution in [3.8, 4) is 118 Å². The maximum Gasteiger partial charge on any atom is 0.416 e. The van der Waals surface area contributed by atoms with Gasteiger partial charge in [0.25, 0.3) is 0 Å². The molecule has 6 aromatic heterocycles. The van der Waals surface area contributed by atoms with Crippen molar-refractivity contribution in [3.63, 3.8) is 0 Å². The van der Waals surface area contributed by atoms with Crippen LogP contribution < -0.4 is 0 Å². The molecule has 0 unspecified atom stereocenters. The van der Waals surface area contributed by atoms with Crippen LogP contribution in [0.5, 0.6) is 0 Å². The lowest BCUT2D eigenvalue weighted by molar-refractivity contribution is -0.137. The van der Waals surface area contributed by atoms with E-state index in [1.165, 1.54) is 12.1 Å². The molecule has 0 amide bonds. The average Bonchev–Trinajstić information content (AvgIpc) is 1.48. The molecule has 0 bridgehead atoms. The molecule has 10 heteroatoms. The molecular weight excluding hydrogens is 1140 g/mol. The van der Waals surface area contributed by atoms with Crippen LogP contribution in [0.4, 0.5) is 13.2 Å². The fourth-order valence-corrected chi connectivity index (χ4v) is 13.0. The molecule has 0 saturated carbocycles. The van der Waals surface area contributed by atoms with Crippen molar-refractivity contribution in [1.29, 1.82) is 5.26 Å². The molecule has 0 saturated heterocycles. The van der Waals surface area contributed by atoms with Crippen molar-refractivity contribution in [2.24, 2.45) is 0 Å². The molecular formula is C82H50F3N7. The Kier molecular flexibility index (Phi) is 13.6. The molecule has 92 heavy (non-hydrogen) atoms. The van der Waals surface area contributed by atoms with Crippen LogP contribution in [0, 0.1) is 11.3 Å². The third kappa shape index (κ3) is 10.0. The first kappa shape index (κ1) is 55.0. The van der Waals surface area contributed by atoms with Crippen LogP contribution in [0.15, 0.2) is 304 Å². The van der Waals surface area contributed by atoms with Crippen molar-refractivity contribution >= 4 is 43.6 Å². The molecule has 6 heterocycles. The van der Waals surface area contributed by atoms with Crippen LogP contribution in [-0.4, -0.2) is 29.1 Å². The van der Waals surface area contributed by atoms with E-state index in [-0.39, 0.29) is 11.4 Å². The van der Waals surface area contributed by atoms with Gasteiger partial charge in [0.15, 0.2) is 0 Å². The number of hydrogen-bond donors (Lipinski definition) is 0. The van der Waals surface area contributed by atoms with Crippen molar-refractivity contribution in [2.75, 3.05) is 0 Å². The van der Waals surface area contributed by atoms with E-state index >= 15 is 13.2 Å². The zero-order chi connectivity index (χ0) is 61.9. The number of nitrogens with zero attached hydrogens (tertiary/aromatic N) is 7. The highest BCUT2D eigenvalue weighted by molar-refractivity contribution is 6.14. The van der Waals surface area contributed by atoms with Crippen LogP contribution in [0.25, 0.3) is 156 Å². The van der Waals surface area contributed by atoms with E-state index in [4.69, 9.17) is 19.9 Å². The minimum absolute atomic E-state index is 0.254. The number of rotatable bonds is 11. The van der Waals surface area contributed by atoms with Gasteiger partial charge in [-0.15, -0.1) is 0 Å². The van der Waals surface area contributed by atoms with Crippen LogP contribution in [0.3, 0.4) is 0 Å². The van der Waals surface area contributed by atoms with Gasteiger partial charge in [-0.05, 0) is 147 Å². The second-order valence-corrected chi connectivity index (χ2v) is 22.9. The summed E-state index contributed by atoms with van der Waals surface area (Å²) in [6.45, 7) is 0. The molecule has 0 N–H and O–H groups in total. The second-order valence-electron chi connectivity index (χ2n) is 22.9. The number of hydrogen-bond acceptors (Lipinski definition) is 5. The minimum atomic E-state index is -4.85. The lowest BCUT2D eigenvalue weighted by atomic mass is 9.96. The monoisotopic (exact) mass is 1190 g/mol. The minimum Gasteiger partial charge on any atom is -0.308 e. The Morgan fingerprint density at radius 3 is 0.870 bits per heavy atom. The van der Waals surface area contributed by atoms with Gasteiger partial charge in [0.05, 0.1) is 73.4 Å². The summed E-state index contributed by atoms with van der Waals surface area (Å²) in [7, 11) is 0. The lowest BCUT2D eigenvalue weighted by Crippen LogP contribution is -2.11. The third-order valence-electron chi connectivity index (χ3n) is 17.4. The molecule has 0 aliphatic heterocycles. The maximum atomic E-state index is 16.7. The molecule has 10 aromatic carbocycles. The van der Waals surface area contributed by atoms with Crippen molar-refractivity contribution in [1.82, 2.24) is 29.1 Å². The molecule has 0 radical (unpaired) electrons. The van der Waals surface area contributed by atoms with E-state index in [0.717, 1.165) is 111 Å². The molecule has 0 aliphatic carbocycles. The number of benzene rings is 10. The highest BCUT2D eigenvalue weighted by atomic mass is 19.4. The Balaban J connectivity index is 1.02. The highest BCUT2D eigenvalue weighted by Crippen LogP contribution is 2.48. The van der Waals surface area contributed by atoms with Gasteiger partial charge in [-0.1, -0.05) is 182 Å². The second kappa shape index (κ2) is 22.7. The first-order chi connectivity index (χ1) is 45.2. The fourth-order valence-electron chi connectivity index (χ4n) is 13.0. The first-order valence-corrected chi connectivity index (χ1v) is 30.2. The number of aromatic nitrogens is 6. The van der Waals surface area contributed by atoms with E-state index in [9.17, 15) is 5.26 Å². The van der Waals surface area contributed by atoms with Crippen molar-refractivity contribution in [3.05, 3.63) is 315 Å². The molecule has 0 atom stereocenters. The van der Waals surface area contributed by atoms with Gasteiger partial charge in [-0.25, -0.2) is 0 Å². The van der Waals surface area contributed by atoms with Crippen LogP contribution in [-0.2, 0) is 6.18 Å². The zero-order valence-corrected chi connectivity index (χ0v) is 49.1. The number of pyridine rings is 4. The van der Waals surface area contributed by atoms with Gasteiger partial charge >= 0.3 is 6.18 Å². The number of alkyl halides is 3. The Bertz CT molecular complexity index is 4990. The van der Waals surface area contributed by atoms with Crippen molar-refractivity contribution in [2.45, 2.75) is 6.18 Å². The quantitative estimate of drug-likeness (QED) is 0.129. The summed E-state index contributed by atoms with van der Waals surface area (Å²) in [6, 6.07) is 92.8. The van der Waals surface area contributed by atoms with Crippen LogP contribution >= 0.6 is 0 Å². The SMILES string of the molecule is N#Cc1cccc(-c2c(-n3c4cc(-c5ccnc(-c6ccccc6)c5)ccc4c4ccc(-c5ccnc(-c6ccccc6)c5)cc43)cc(C(F)(F)F)cc2-n2c3cc(-c4ccnc(-c5ccccc5)c4)ccc3c3ccc(-c4ccnc(-c5ccccc5)c4)cc32)c1. The average molecular weight is 1190 g/mol. The summed E-state index contributed by atoms with van der Waals surface area (Å²) in [5.41, 5.74) is 17.4. The van der Waals surface area contributed by atoms with Gasteiger partial charge in [-0.3, -0.25) is 19.9 Å². The normalized spacial score (nSPS) is 11.6. The van der Waals surface area contributed by atoms with Crippen molar-refractivity contribution < 1.29 is 13.2 Å². The highest BCUT2D eigenvalue weighted by Gasteiger charge is 2.35. The molecule has 0 spiro atoms. The topological polar surface area (TPSA) is 85.2 Å². The third-order valence-corrected chi connectivity index (χ3v) is 17.4. The number of fused-ring (bicyclic) bond motifs is 6.